The van der Waals surface area contributed by atoms with Crippen LogP contribution in [0.4, 0.5) is 0 Å². The first kappa shape index (κ1) is 75.1. The molecule has 0 aromatic heterocycles. The second-order valence-electron chi connectivity index (χ2n) is 22.0. The van der Waals surface area contributed by atoms with Crippen molar-refractivity contribution < 1.29 is 28.6 Å². The first-order valence-corrected chi connectivity index (χ1v) is 33.4. The normalized spacial score (nSPS) is 12.8. The first-order chi connectivity index (χ1) is 39.0. The fraction of sp³-hybridized carbons (Fsp3) is 0.712. The van der Waals surface area contributed by atoms with E-state index in [1.165, 1.54) is 167 Å². The lowest BCUT2D eigenvalue weighted by molar-refractivity contribution is -0.167. The molecule has 79 heavy (non-hydrogen) atoms. The van der Waals surface area contributed by atoms with E-state index in [1.807, 2.05) is 0 Å². The van der Waals surface area contributed by atoms with Crippen molar-refractivity contribution in [3.05, 3.63) is 109 Å². The number of hydrogen-bond donors (Lipinski definition) is 0. The van der Waals surface area contributed by atoms with E-state index in [4.69, 9.17) is 14.2 Å². The summed E-state index contributed by atoms with van der Waals surface area (Å²) in [7, 11) is 0. The van der Waals surface area contributed by atoms with Crippen molar-refractivity contribution in [3.8, 4) is 0 Å². The fourth-order valence-electron chi connectivity index (χ4n) is 9.33. The van der Waals surface area contributed by atoms with Gasteiger partial charge in [-0.1, -0.05) is 323 Å². The molecule has 0 aromatic rings. The lowest BCUT2D eigenvalue weighted by atomic mass is 10.0. The van der Waals surface area contributed by atoms with E-state index in [-0.39, 0.29) is 37.5 Å². The Morgan fingerprint density at radius 1 is 0.266 bits per heavy atom. The summed E-state index contributed by atoms with van der Waals surface area (Å²) in [5.74, 6) is -0.942. The van der Waals surface area contributed by atoms with Crippen molar-refractivity contribution in [1.82, 2.24) is 0 Å². The highest BCUT2D eigenvalue weighted by molar-refractivity contribution is 5.71. The lowest BCUT2D eigenvalue weighted by Gasteiger charge is -2.18. The minimum atomic E-state index is -0.800. The van der Waals surface area contributed by atoms with Gasteiger partial charge in [0.15, 0.2) is 6.10 Å². The van der Waals surface area contributed by atoms with Crippen LogP contribution in [0.25, 0.3) is 0 Å². The average molecular weight is 1100 g/mol. The van der Waals surface area contributed by atoms with Crippen LogP contribution in [0.1, 0.15) is 316 Å². The van der Waals surface area contributed by atoms with Gasteiger partial charge in [-0.05, 0) is 83.5 Å². The maximum atomic E-state index is 12.9. The molecule has 0 N–H and O–H groups in total. The Morgan fingerprint density at radius 3 is 0.772 bits per heavy atom. The van der Waals surface area contributed by atoms with Crippen molar-refractivity contribution >= 4 is 17.9 Å². The molecule has 0 radical (unpaired) electrons. The molecule has 0 aliphatic rings. The summed E-state index contributed by atoms with van der Waals surface area (Å²) in [5, 5.41) is 0. The molecule has 0 rings (SSSR count). The summed E-state index contributed by atoms with van der Waals surface area (Å²) >= 11 is 0. The van der Waals surface area contributed by atoms with Crippen LogP contribution in [-0.2, 0) is 28.6 Å². The van der Waals surface area contributed by atoms with E-state index >= 15 is 0 Å². The number of carbonyl (C=O) groups excluding carboxylic acids is 3. The Bertz CT molecular complexity index is 1590. The van der Waals surface area contributed by atoms with Gasteiger partial charge in [0.1, 0.15) is 13.2 Å². The van der Waals surface area contributed by atoms with E-state index in [0.29, 0.717) is 19.3 Å². The van der Waals surface area contributed by atoms with Crippen LogP contribution >= 0.6 is 0 Å². The molecule has 0 fully saturated rings. The summed E-state index contributed by atoms with van der Waals surface area (Å²) in [6, 6.07) is 0. The largest absolute Gasteiger partial charge is 0.462 e. The van der Waals surface area contributed by atoms with Gasteiger partial charge in [0.05, 0.1) is 0 Å². The number of hydrogen-bond acceptors (Lipinski definition) is 6. The Balaban J connectivity index is 4.41. The highest BCUT2D eigenvalue weighted by Gasteiger charge is 2.19. The van der Waals surface area contributed by atoms with Crippen LogP contribution in [0.3, 0.4) is 0 Å². The van der Waals surface area contributed by atoms with Crippen LogP contribution in [0.2, 0.25) is 0 Å². The van der Waals surface area contributed by atoms with Crippen LogP contribution in [-0.4, -0.2) is 37.2 Å². The van der Waals surface area contributed by atoms with Gasteiger partial charge >= 0.3 is 17.9 Å². The van der Waals surface area contributed by atoms with Crippen molar-refractivity contribution in [2.75, 3.05) is 13.2 Å². The fourth-order valence-corrected chi connectivity index (χ4v) is 9.33. The van der Waals surface area contributed by atoms with Gasteiger partial charge in [0, 0.05) is 19.3 Å². The van der Waals surface area contributed by atoms with E-state index in [1.54, 1.807) is 0 Å². The third kappa shape index (κ3) is 64.8. The SMILES string of the molecule is CC/C=C\C/C=C\C/C=C\C/C=C\C/C=C\C/C=C\C/C=C\C/C=C\C/C=C\CCCC(=O)OCC(COC(=O)CCCCCCCCCCCCCCC)OC(=O)CCCCCCCCCCCCCCCCCCCCC. The topological polar surface area (TPSA) is 78.9 Å². The average Bonchev–Trinajstić information content (AvgIpc) is 3.45. The van der Waals surface area contributed by atoms with Crippen molar-refractivity contribution in [2.45, 2.75) is 322 Å². The Labute approximate surface area is 489 Å². The van der Waals surface area contributed by atoms with Crippen molar-refractivity contribution in [1.29, 1.82) is 0 Å². The molecule has 0 heterocycles. The monoisotopic (exact) mass is 1100 g/mol. The quantitative estimate of drug-likeness (QED) is 0.0261. The van der Waals surface area contributed by atoms with E-state index in [0.717, 1.165) is 103 Å². The predicted molar refractivity (Wildman–Crippen MR) is 343 cm³/mol. The zero-order valence-corrected chi connectivity index (χ0v) is 51.9. The minimum absolute atomic E-state index is 0.0922. The molecule has 0 spiro atoms. The van der Waals surface area contributed by atoms with Gasteiger partial charge < -0.3 is 14.2 Å². The Morgan fingerprint density at radius 2 is 0.494 bits per heavy atom. The van der Waals surface area contributed by atoms with Crippen molar-refractivity contribution in [2.24, 2.45) is 0 Å². The molecule has 452 valence electrons. The molecule has 0 aliphatic carbocycles. The number of ether oxygens (including phenoxy) is 3. The lowest BCUT2D eigenvalue weighted by Crippen LogP contribution is -2.30. The summed E-state index contributed by atoms with van der Waals surface area (Å²) in [6.07, 6.45) is 91.1. The molecule has 0 saturated carbocycles. The summed E-state index contributed by atoms with van der Waals surface area (Å²) < 4.78 is 16.9. The van der Waals surface area contributed by atoms with Crippen molar-refractivity contribution in [3.63, 3.8) is 0 Å². The predicted octanol–water partition coefficient (Wildman–Crippen LogP) is 23.0. The smallest absolute Gasteiger partial charge is 0.306 e. The number of carbonyl (C=O) groups is 3. The highest BCUT2D eigenvalue weighted by Crippen LogP contribution is 2.17. The molecule has 0 amide bonds. The van der Waals surface area contributed by atoms with E-state index < -0.39 is 6.10 Å². The summed E-state index contributed by atoms with van der Waals surface area (Å²) in [6.45, 7) is 6.51. The van der Waals surface area contributed by atoms with Crippen LogP contribution in [0.15, 0.2) is 109 Å². The van der Waals surface area contributed by atoms with Gasteiger partial charge in [-0.2, -0.15) is 0 Å². The minimum Gasteiger partial charge on any atom is -0.462 e. The van der Waals surface area contributed by atoms with Crippen LogP contribution in [0.5, 0.6) is 0 Å². The number of allylic oxidation sites excluding steroid dienone is 18. The zero-order chi connectivity index (χ0) is 57.1. The maximum absolute atomic E-state index is 12.9. The molecular weight excluding hydrogens is 973 g/mol. The second-order valence-corrected chi connectivity index (χ2v) is 22.0. The second kappa shape index (κ2) is 66.6. The van der Waals surface area contributed by atoms with Gasteiger partial charge in [-0.25, -0.2) is 0 Å². The third-order valence-electron chi connectivity index (χ3n) is 14.3. The molecule has 6 heteroatoms. The first-order valence-electron chi connectivity index (χ1n) is 33.4. The van der Waals surface area contributed by atoms with Gasteiger partial charge in [-0.15, -0.1) is 0 Å². The van der Waals surface area contributed by atoms with E-state index in [9.17, 15) is 14.4 Å². The molecule has 1 unspecified atom stereocenters. The third-order valence-corrected chi connectivity index (χ3v) is 14.3. The van der Waals surface area contributed by atoms with Gasteiger partial charge in [0.25, 0.3) is 0 Å². The molecule has 0 aromatic carbocycles. The summed E-state index contributed by atoms with van der Waals surface area (Å²) in [4.78, 5) is 38.3. The molecule has 0 bridgehead atoms. The molecule has 0 saturated heterocycles. The standard InChI is InChI=1S/C73H124O6/c1-4-7-10-13-16-19-22-25-27-29-31-32-33-34-35-36-37-38-39-40-42-43-45-48-51-54-57-60-63-66-72(75)78-69-70(68-77-71(74)65-62-59-56-53-50-47-24-21-18-15-12-9-6-3)79-73(76)67-64-61-58-55-52-49-46-44-41-30-28-26-23-20-17-14-11-8-5-2/h7,10,16,19,25,27,31-32,34-35,37-38,40,42,45,48,54,57,70H,4-6,8-9,11-15,17-18,20-24,26,28-30,33,36,39,41,43-44,46-47,49-53,55-56,58-69H2,1-3H3/b10-7-,19-16-,27-25-,32-31-,35-34-,38-37-,42-40-,48-45-,57-54-. The van der Waals surface area contributed by atoms with Gasteiger partial charge in [-0.3, -0.25) is 14.4 Å². The van der Waals surface area contributed by atoms with Crippen LogP contribution < -0.4 is 0 Å². The van der Waals surface area contributed by atoms with E-state index in [2.05, 4.69) is 130 Å². The Hall–Kier alpha value is -3.93. The van der Waals surface area contributed by atoms with Crippen LogP contribution in [0, 0.1) is 0 Å². The molecule has 6 nitrogen and oxygen atoms in total. The summed E-state index contributed by atoms with van der Waals surface area (Å²) in [5.41, 5.74) is 0. The zero-order valence-electron chi connectivity index (χ0n) is 51.9. The number of unbranched alkanes of at least 4 members (excludes halogenated alkanes) is 31. The molecule has 0 aliphatic heterocycles. The number of rotatable bonds is 60. The highest BCUT2D eigenvalue weighted by atomic mass is 16.6. The molecule has 1 atom stereocenters. The van der Waals surface area contributed by atoms with Gasteiger partial charge in [0.2, 0.25) is 0 Å². The molecular formula is C73H124O6. The Kier molecular flexibility index (Phi) is 63.3. The maximum Gasteiger partial charge on any atom is 0.306 e. The number of esters is 3.